The number of benzene rings is 1. The van der Waals surface area contributed by atoms with E-state index in [1.807, 2.05) is 6.07 Å². The number of fused-ring (bicyclic) bond motifs is 1. The fraction of sp³-hybridized carbons (Fsp3) is 0.538. The summed E-state index contributed by atoms with van der Waals surface area (Å²) in [6.07, 6.45) is 0.861. The Hall–Kier alpha value is -1.11. The van der Waals surface area contributed by atoms with Crippen LogP contribution in [0.25, 0.3) is 0 Å². The number of ether oxygens (including phenoxy) is 1. The van der Waals surface area contributed by atoms with Crippen molar-refractivity contribution in [3.05, 3.63) is 23.8 Å². The van der Waals surface area contributed by atoms with Crippen LogP contribution in [0, 0.1) is 0 Å². The molecule has 1 aromatic carbocycles. The third-order valence-electron chi connectivity index (χ3n) is 3.01. The van der Waals surface area contributed by atoms with Gasteiger partial charge in [0.2, 0.25) is 10.0 Å². The molecule has 1 aromatic rings. The first-order chi connectivity index (χ1) is 8.84. The predicted molar refractivity (Wildman–Crippen MR) is 74.9 cm³/mol. The van der Waals surface area contributed by atoms with E-state index in [-0.39, 0.29) is 0 Å². The van der Waals surface area contributed by atoms with Crippen LogP contribution in [0.15, 0.2) is 23.1 Å². The second-order valence-electron chi connectivity index (χ2n) is 5.42. The van der Waals surface area contributed by atoms with Gasteiger partial charge >= 0.3 is 0 Å². The van der Waals surface area contributed by atoms with Crippen LogP contribution in [0.3, 0.4) is 0 Å². The Morgan fingerprint density at radius 1 is 1.42 bits per heavy atom. The van der Waals surface area contributed by atoms with Crippen LogP contribution in [0.2, 0.25) is 0 Å². The summed E-state index contributed by atoms with van der Waals surface area (Å²) in [6.45, 7) is 4.77. The SMILES string of the molecule is COCC(C)(C)NS(=O)(=O)c1ccc2c(c1)CCN2. The third-order valence-corrected chi connectivity index (χ3v) is 4.71. The highest BCUT2D eigenvalue weighted by Crippen LogP contribution is 2.25. The number of sulfonamides is 1. The number of methoxy groups -OCH3 is 1. The van der Waals surface area contributed by atoms with Crippen LogP contribution in [0.1, 0.15) is 19.4 Å². The summed E-state index contributed by atoms with van der Waals surface area (Å²) in [5.41, 5.74) is 1.44. The zero-order valence-corrected chi connectivity index (χ0v) is 12.3. The number of hydrogen-bond donors (Lipinski definition) is 2. The molecule has 1 heterocycles. The Balaban J connectivity index is 2.25. The summed E-state index contributed by atoms with van der Waals surface area (Å²) in [5.74, 6) is 0. The van der Waals surface area contributed by atoms with Gasteiger partial charge in [-0.25, -0.2) is 13.1 Å². The molecule has 19 heavy (non-hydrogen) atoms. The highest BCUT2D eigenvalue weighted by Gasteiger charge is 2.27. The lowest BCUT2D eigenvalue weighted by Gasteiger charge is -2.25. The van der Waals surface area contributed by atoms with Crippen LogP contribution in [0.5, 0.6) is 0 Å². The van der Waals surface area contributed by atoms with Crippen LogP contribution in [-0.2, 0) is 21.2 Å². The van der Waals surface area contributed by atoms with Crippen molar-refractivity contribution >= 4 is 15.7 Å². The van der Waals surface area contributed by atoms with Gasteiger partial charge in [-0.1, -0.05) is 0 Å². The Bertz CT molecular complexity index is 567. The molecule has 106 valence electrons. The van der Waals surface area contributed by atoms with Gasteiger partial charge in [0, 0.05) is 19.3 Å². The minimum absolute atomic E-state index is 0.305. The maximum Gasteiger partial charge on any atom is 0.241 e. The monoisotopic (exact) mass is 284 g/mol. The number of rotatable bonds is 5. The van der Waals surface area contributed by atoms with Crippen molar-refractivity contribution < 1.29 is 13.2 Å². The highest BCUT2D eigenvalue weighted by atomic mass is 32.2. The first kappa shape index (κ1) is 14.3. The molecule has 0 atom stereocenters. The van der Waals surface area contributed by atoms with E-state index in [0.717, 1.165) is 24.2 Å². The van der Waals surface area contributed by atoms with Gasteiger partial charge in [0.05, 0.1) is 17.0 Å². The molecule has 2 rings (SSSR count). The summed E-state index contributed by atoms with van der Waals surface area (Å²) in [6, 6.07) is 5.18. The number of nitrogens with one attached hydrogen (secondary N) is 2. The van der Waals surface area contributed by atoms with Gasteiger partial charge in [-0.2, -0.15) is 0 Å². The van der Waals surface area contributed by atoms with E-state index in [4.69, 9.17) is 4.74 Å². The van der Waals surface area contributed by atoms with Crippen LogP contribution in [0.4, 0.5) is 5.69 Å². The lowest BCUT2D eigenvalue weighted by atomic mass is 10.1. The zero-order valence-electron chi connectivity index (χ0n) is 11.5. The van der Waals surface area contributed by atoms with Crippen molar-refractivity contribution in [3.63, 3.8) is 0 Å². The molecule has 0 unspecified atom stereocenters. The van der Waals surface area contributed by atoms with E-state index < -0.39 is 15.6 Å². The van der Waals surface area contributed by atoms with Gasteiger partial charge in [0.25, 0.3) is 0 Å². The van der Waals surface area contributed by atoms with Crippen molar-refractivity contribution in [1.29, 1.82) is 0 Å². The van der Waals surface area contributed by atoms with Crippen LogP contribution < -0.4 is 10.0 Å². The van der Waals surface area contributed by atoms with E-state index in [2.05, 4.69) is 10.0 Å². The summed E-state index contributed by atoms with van der Waals surface area (Å²) >= 11 is 0. The molecular formula is C13H20N2O3S. The molecule has 0 saturated carbocycles. The topological polar surface area (TPSA) is 67.4 Å². The Labute approximate surface area is 114 Å². The molecule has 0 radical (unpaired) electrons. The fourth-order valence-electron chi connectivity index (χ4n) is 2.26. The second-order valence-corrected chi connectivity index (χ2v) is 7.10. The van der Waals surface area contributed by atoms with Gasteiger partial charge in [0.1, 0.15) is 0 Å². The van der Waals surface area contributed by atoms with Crippen molar-refractivity contribution in [3.8, 4) is 0 Å². The summed E-state index contributed by atoms with van der Waals surface area (Å²) in [4.78, 5) is 0.305. The Morgan fingerprint density at radius 2 is 2.16 bits per heavy atom. The average Bonchev–Trinajstić information content (AvgIpc) is 2.73. The van der Waals surface area contributed by atoms with Gasteiger partial charge in [-0.05, 0) is 44.0 Å². The quantitative estimate of drug-likeness (QED) is 0.856. The Kier molecular flexibility index (Phi) is 3.85. The molecule has 1 aliphatic heterocycles. The van der Waals surface area contributed by atoms with E-state index in [1.54, 1.807) is 33.1 Å². The number of anilines is 1. The van der Waals surface area contributed by atoms with Crippen molar-refractivity contribution in [2.45, 2.75) is 30.7 Å². The second kappa shape index (κ2) is 5.11. The molecule has 0 amide bonds. The van der Waals surface area contributed by atoms with Gasteiger partial charge in [-0.15, -0.1) is 0 Å². The van der Waals surface area contributed by atoms with Crippen LogP contribution >= 0.6 is 0 Å². The van der Waals surface area contributed by atoms with E-state index in [9.17, 15) is 8.42 Å². The van der Waals surface area contributed by atoms with E-state index in [1.165, 1.54) is 0 Å². The van der Waals surface area contributed by atoms with Gasteiger partial charge < -0.3 is 10.1 Å². The first-order valence-corrected chi connectivity index (χ1v) is 7.72. The standard InChI is InChI=1S/C13H20N2O3S/c1-13(2,9-18-3)15-19(16,17)11-4-5-12-10(8-11)6-7-14-12/h4-5,8,14-15H,6-7,9H2,1-3H3. The molecule has 5 nitrogen and oxygen atoms in total. The average molecular weight is 284 g/mol. The first-order valence-electron chi connectivity index (χ1n) is 6.24. The molecule has 0 aromatic heterocycles. The Morgan fingerprint density at radius 3 is 2.84 bits per heavy atom. The molecule has 6 heteroatoms. The summed E-state index contributed by atoms with van der Waals surface area (Å²) in [5, 5.41) is 3.21. The fourth-order valence-corrected chi connectivity index (χ4v) is 3.71. The summed E-state index contributed by atoms with van der Waals surface area (Å²) in [7, 11) is -1.97. The van der Waals surface area contributed by atoms with Crippen molar-refractivity contribution in [2.75, 3.05) is 25.6 Å². The van der Waals surface area contributed by atoms with Crippen LogP contribution in [-0.4, -0.2) is 34.2 Å². The normalized spacial score (nSPS) is 15.1. The lowest BCUT2D eigenvalue weighted by molar-refractivity contribution is 0.141. The van der Waals surface area contributed by atoms with Crippen molar-refractivity contribution in [2.24, 2.45) is 0 Å². The number of hydrogen-bond acceptors (Lipinski definition) is 4. The largest absolute Gasteiger partial charge is 0.384 e. The van der Waals surface area contributed by atoms with E-state index >= 15 is 0 Å². The van der Waals surface area contributed by atoms with Gasteiger partial charge in [-0.3, -0.25) is 0 Å². The molecule has 0 spiro atoms. The highest BCUT2D eigenvalue weighted by molar-refractivity contribution is 7.89. The molecular weight excluding hydrogens is 264 g/mol. The maximum absolute atomic E-state index is 12.3. The molecule has 0 saturated heterocycles. The maximum atomic E-state index is 12.3. The van der Waals surface area contributed by atoms with Gasteiger partial charge in [0.15, 0.2) is 0 Å². The molecule has 0 aliphatic carbocycles. The molecule has 1 aliphatic rings. The minimum Gasteiger partial charge on any atom is -0.384 e. The molecule has 2 N–H and O–H groups in total. The summed E-state index contributed by atoms with van der Waals surface area (Å²) < 4.78 is 32.4. The van der Waals surface area contributed by atoms with Crippen molar-refractivity contribution in [1.82, 2.24) is 4.72 Å². The zero-order chi connectivity index (χ0) is 14.1. The molecule has 0 bridgehead atoms. The molecule has 0 fully saturated rings. The lowest BCUT2D eigenvalue weighted by Crippen LogP contribution is -2.46. The minimum atomic E-state index is -3.52. The van der Waals surface area contributed by atoms with E-state index in [0.29, 0.717) is 11.5 Å². The smallest absolute Gasteiger partial charge is 0.241 e. The third kappa shape index (κ3) is 3.26. The predicted octanol–water partition coefficient (Wildman–Crippen LogP) is 1.36.